The molecule has 2 aliphatic heterocycles. The van der Waals surface area contributed by atoms with Gasteiger partial charge in [-0.2, -0.15) is 5.10 Å². The second-order valence-corrected chi connectivity index (χ2v) is 8.55. The molecule has 2 heterocycles. The molecule has 5 rings (SSSR count). The Morgan fingerprint density at radius 3 is 2.64 bits per heavy atom. The van der Waals surface area contributed by atoms with E-state index in [-0.39, 0.29) is 0 Å². The van der Waals surface area contributed by atoms with E-state index in [2.05, 4.69) is 16.6 Å². The van der Waals surface area contributed by atoms with E-state index in [4.69, 9.17) is 11.6 Å². The van der Waals surface area contributed by atoms with Gasteiger partial charge in [0.05, 0.1) is 0 Å². The summed E-state index contributed by atoms with van der Waals surface area (Å²) in [5.74, 6) is 0. The first kappa shape index (κ1) is 17.6. The van der Waals surface area contributed by atoms with Gasteiger partial charge in [-0.05, 0) is 23.8 Å². The molecule has 2 atom stereocenters. The van der Waals surface area contributed by atoms with Crippen molar-refractivity contribution in [3.63, 3.8) is 0 Å². The Kier molecular flexibility index (Phi) is 4.31. The fourth-order valence-corrected chi connectivity index (χ4v) is 5.26. The number of aliphatic hydroxyl groups is 1. The van der Waals surface area contributed by atoms with Gasteiger partial charge in [-0.1, -0.05) is 84.0 Å². The minimum atomic E-state index is -0.779. The van der Waals surface area contributed by atoms with Gasteiger partial charge in [-0.15, -0.1) is 0 Å². The molecule has 3 aromatic carbocycles. The van der Waals surface area contributed by atoms with Crippen LogP contribution in [0.4, 0.5) is 5.69 Å². The molecule has 6 heteroatoms. The van der Waals surface area contributed by atoms with Crippen LogP contribution in [0.2, 0.25) is 5.02 Å². The quantitative estimate of drug-likeness (QED) is 0.669. The molecule has 2 N–H and O–H groups in total. The van der Waals surface area contributed by atoms with Crippen LogP contribution >= 0.6 is 23.4 Å². The predicted molar refractivity (Wildman–Crippen MR) is 115 cm³/mol. The van der Waals surface area contributed by atoms with Crippen LogP contribution in [-0.4, -0.2) is 16.4 Å². The molecule has 0 aliphatic carbocycles. The maximum atomic E-state index is 11.4. The number of nitrogens with zero attached hydrogens (tertiary/aromatic N) is 2. The minimum Gasteiger partial charge on any atom is -0.370 e. The Bertz CT molecular complexity index is 1060. The number of hydrogen-bond donors (Lipinski definition) is 2. The number of benzene rings is 3. The normalized spacial score (nSPS) is 22.9. The van der Waals surface area contributed by atoms with Crippen molar-refractivity contribution in [2.75, 3.05) is 4.90 Å². The third kappa shape index (κ3) is 2.78. The number of para-hydroxylation sites is 1. The number of thioether (sulfide) groups is 1. The first-order chi connectivity index (χ1) is 13.7. The maximum absolute atomic E-state index is 11.4. The van der Waals surface area contributed by atoms with Crippen LogP contribution in [0, 0.1) is 0 Å². The number of aliphatic hydroxyl groups excluding tert-OH is 1. The van der Waals surface area contributed by atoms with Gasteiger partial charge in [0.25, 0.3) is 0 Å². The first-order valence-corrected chi connectivity index (χ1v) is 10.2. The summed E-state index contributed by atoms with van der Waals surface area (Å²) in [6, 6.07) is 25.9. The minimum absolute atomic E-state index is 0.559. The fraction of sp³-hybridized carbons (Fsp3) is 0.136. The summed E-state index contributed by atoms with van der Waals surface area (Å²) in [4.78, 5) is 1.27. The van der Waals surface area contributed by atoms with Crippen molar-refractivity contribution < 1.29 is 5.11 Å². The fourth-order valence-electron chi connectivity index (χ4n) is 3.79. The van der Waals surface area contributed by atoms with Crippen LogP contribution in [-0.2, 0) is 11.4 Å². The van der Waals surface area contributed by atoms with Crippen molar-refractivity contribution in [3.8, 4) is 0 Å². The standard InChI is InChI=1S/C22H18ClN3OS/c23-17-10-6-7-15(13-17)14-26-19-12-5-4-11-18(19)22(21(26)27)25-24-20(28-22)16-8-2-1-3-9-16/h1-13,21,25,27H,14H2. The molecule has 2 aliphatic rings. The lowest BCUT2D eigenvalue weighted by molar-refractivity contribution is 0.119. The Morgan fingerprint density at radius 1 is 1.04 bits per heavy atom. The third-order valence-electron chi connectivity index (χ3n) is 5.12. The Balaban J connectivity index is 1.51. The SMILES string of the molecule is OC1N(Cc2cccc(Cl)c2)c2ccccc2C12NN=C(c1ccccc1)S2. The molecule has 0 bridgehead atoms. The highest BCUT2D eigenvalue weighted by molar-refractivity contribution is 8.15. The van der Waals surface area contributed by atoms with E-state index >= 15 is 0 Å². The molecule has 1 spiro atoms. The van der Waals surface area contributed by atoms with Crippen LogP contribution in [0.3, 0.4) is 0 Å². The first-order valence-electron chi connectivity index (χ1n) is 9.05. The molecule has 0 radical (unpaired) electrons. The molecule has 140 valence electrons. The Hall–Kier alpha value is -2.47. The van der Waals surface area contributed by atoms with Crippen LogP contribution in [0.25, 0.3) is 0 Å². The molecule has 0 amide bonds. The third-order valence-corrected chi connectivity index (χ3v) is 6.72. The van der Waals surface area contributed by atoms with Crippen molar-refractivity contribution in [2.24, 2.45) is 5.10 Å². The van der Waals surface area contributed by atoms with Crippen LogP contribution in [0.1, 0.15) is 16.7 Å². The number of hydrazone groups is 1. The van der Waals surface area contributed by atoms with E-state index in [1.54, 1.807) is 11.8 Å². The lowest BCUT2D eigenvalue weighted by atomic mass is 10.1. The Morgan fingerprint density at radius 2 is 1.82 bits per heavy atom. The van der Waals surface area contributed by atoms with Crippen molar-refractivity contribution in [3.05, 3.63) is 101 Å². The number of hydrogen-bond acceptors (Lipinski definition) is 5. The van der Waals surface area contributed by atoms with Crippen molar-refractivity contribution in [1.29, 1.82) is 0 Å². The van der Waals surface area contributed by atoms with E-state index in [1.807, 2.05) is 77.7 Å². The summed E-state index contributed by atoms with van der Waals surface area (Å²) >= 11 is 7.72. The van der Waals surface area contributed by atoms with Crippen LogP contribution in [0.15, 0.2) is 84.0 Å². The van der Waals surface area contributed by atoms with E-state index in [0.717, 1.165) is 27.4 Å². The molecular weight excluding hydrogens is 390 g/mol. The van der Waals surface area contributed by atoms with Gasteiger partial charge in [0.2, 0.25) is 0 Å². The van der Waals surface area contributed by atoms with Gasteiger partial charge in [-0.3, -0.25) is 5.43 Å². The van der Waals surface area contributed by atoms with E-state index in [1.165, 1.54) is 0 Å². The molecule has 3 aromatic rings. The molecule has 0 aromatic heterocycles. The zero-order valence-corrected chi connectivity index (χ0v) is 16.5. The van der Waals surface area contributed by atoms with Crippen molar-refractivity contribution >= 4 is 34.1 Å². The second kappa shape index (κ2) is 6.85. The highest BCUT2D eigenvalue weighted by Gasteiger charge is 2.54. The molecular formula is C22H18ClN3OS. The van der Waals surface area contributed by atoms with Gasteiger partial charge in [0.15, 0.2) is 11.1 Å². The van der Waals surface area contributed by atoms with Gasteiger partial charge in [-0.25, -0.2) is 0 Å². The summed E-state index contributed by atoms with van der Waals surface area (Å²) in [5, 5.41) is 17.5. The average molecular weight is 408 g/mol. The smallest absolute Gasteiger partial charge is 0.177 e. The lowest BCUT2D eigenvalue weighted by Crippen LogP contribution is -2.48. The molecule has 0 saturated carbocycles. The lowest BCUT2D eigenvalue weighted by Gasteiger charge is -2.31. The van der Waals surface area contributed by atoms with Gasteiger partial charge in [0, 0.05) is 28.4 Å². The van der Waals surface area contributed by atoms with Crippen molar-refractivity contribution in [2.45, 2.75) is 17.6 Å². The second-order valence-electron chi connectivity index (χ2n) is 6.88. The van der Waals surface area contributed by atoms with E-state index in [0.29, 0.717) is 11.6 Å². The molecule has 28 heavy (non-hydrogen) atoms. The number of fused-ring (bicyclic) bond motifs is 2. The summed E-state index contributed by atoms with van der Waals surface area (Å²) in [5.41, 5.74) is 7.36. The zero-order chi connectivity index (χ0) is 19.1. The molecule has 4 nitrogen and oxygen atoms in total. The highest BCUT2D eigenvalue weighted by atomic mass is 35.5. The number of nitrogens with one attached hydrogen (secondary N) is 1. The monoisotopic (exact) mass is 407 g/mol. The van der Waals surface area contributed by atoms with Gasteiger partial charge in [0.1, 0.15) is 5.04 Å². The molecule has 0 saturated heterocycles. The number of halogens is 1. The summed E-state index contributed by atoms with van der Waals surface area (Å²) in [6.07, 6.45) is -0.779. The Labute approximate surface area is 172 Å². The van der Waals surface area contributed by atoms with E-state index in [9.17, 15) is 5.11 Å². The van der Waals surface area contributed by atoms with Gasteiger partial charge < -0.3 is 10.0 Å². The zero-order valence-electron chi connectivity index (χ0n) is 14.9. The van der Waals surface area contributed by atoms with Crippen LogP contribution in [0.5, 0.6) is 0 Å². The highest BCUT2D eigenvalue weighted by Crippen LogP contribution is 2.53. The molecule has 0 fully saturated rings. The summed E-state index contributed by atoms with van der Waals surface area (Å²) < 4.78 is 0. The van der Waals surface area contributed by atoms with Gasteiger partial charge >= 0.3 is 0 Å². The topological polar surface area (TPSA) is 47.9 Å². The predicted octanol–water partition coefficient (Wildman–Crippen LogP) is 4.53. The number of anilines is 1. The summed E-state index contributed by atoms with van der Waals surface area (Å²) in [7, 11) is 0. The van der Waals surface area contributed by atoms with Crippen molar-refractivity contribution in [1.82, 2.24) is 5.43 Å². The largest absolute Gasteiger partial charge is 0.370 e. The maximum Gasteiger partial charge on any atom is 0.177 e. The number of rotatable bonds is 3. The summed E-state index contributed by atoms with van der Waals surface area (Å²) in [6.45, 7) is 0.559. The van der Waals surface area contributed by atoms with E-state index < -0.39 is 11.1 Å². The van der Waals surface area contributed by atoms with Crippen LogP contribution < -0.4 is 10.3 Å². The average Bonchev–Trinajstić information content (AvgIpc) is 3.27. The molecule has 2 unspecified atom stereocenters.